The molecule has 1 aromatic heterocycles. The van der Waals surface area contributed by atoms with Crippen LogP contribution in [-0.2, 0) is 10.7 Å². The summed E-state index contributed by atoms with van der Waals surface area (Å²) in [6.45, 7) is 5.56. The van der Waals surface area contributed by atoms with E-state index in [2.05, 4.69) is 26.2 Å². The smallest absolute Gasteiger partial charge is 0.243 e. The molecule has 2 rings (SSSR count). The molecule has 1 aromatic carbocycles. The standard InChI is InChI=1S/C14H16BrClFN3O/c1-7(2)18-14(21)8(3)20-12-4-9(15)10(17)5-11(12)19-13(20)6-16/h4-5,7-8H,6H2,1-3H3,(H,18,21). The van der Waals surface area contributed by atoms with Crippen molar-refractivity contribution in [2.75, 3.05) is 0 Å². The van der Waals surface area contributed by atoms with Crippen LogP contribution in [0.25, 0.3) is 11.0 Å². The number of carbonyl (C=O) groups excluding carboxylic acids is 1. The Labute approximate surface area is 135 Å². The Balaban J connectivity index is 2.55. The van der Waals surface area contributed by atoms with E-state index in [-0.39, 0.29) is 17.8 Å². The van der Waals surface area contributed by atoms with Gasteiger partial charge in [-0.3, -0.25) is 4.79 Å². The number of aromatic nitrogens is 2. The molecular weight excluding hydrogens is 361 g/mol. The Kier molecular flexibility index (Phi) is 4.88. The van der Waals surface area contributed by atoms with Gasteiger partial charge in [-0.25, -0.2) is 9.37 Å². The number of rotatable bonds is 4. The van der Waals surface area contributed by atoms with Crippen LogP contribution in [0.1, 0.15) is 32.6 Å². The van der Waals surface area contributed by atoms with Gasteiger partial charge in [0, 0.05) is 12.1 Å². The lowest BCUT2D eigenvalue weighted by atomic mass is 10.2. The summed E-state index contributed by atoms with van der Waals surface area (Å²) in [7, 11) is 0. The fourth-order valence-electron chi connectivity index (χ4n) is 2.19. The van der Waals surface area contributed by atoms with Gasteiger partial charge in [-0.05, 0) is 42.8 Å². The summed E-state index contributed by atoms with van der Waals surface area (Å²) >= 11 is 9.08. The van der Waals surface area contributed by atoms with Crippen molar-refractivity contribution >= 4 is 44.5 Å². The first-order chi connectivity index (χ1) is 9.85. The summed E-state index contributed by atoms with van der Waals surface area (Å²) in [5.74, 6) is 0.159. The SMILES string of the molecule is CC(C)NC(=O)C(C)n1c(CCl)nc2cc(F)c(Br)cc21. The van der Waals surface area contributed by atoms with Crippen molar-refractivity contribution in [3.63, 3.8) is 0 Å². The molecule has 1 N–H and O–H groups in total. The number of nitrogens with zero attached hydrogens (tertiary/aromatic N) is 2. The Morgan fingerprint density at radius 3 is 2.71 bits per heavy atom. The molecule has 1 amide bonds. The highest BCUT2D eigenvalue weighted by Crippen LogP contribution is 2.27. The van der Waals surface area contributed by atoms with E-state index in [9.17, 15) is 9.18 Å². The number of benzene rings is 1. The molecule has 7 heteroatoms. The van der Waals surface area contributed by atoms with E-state index in [1.54, 1.807) is 17.6 Å². The lowest BCUT2D eigenvalue weighted by molar-refractivity contribution is -0.124. The number of carbonyl (C=O) groups is 1. The molecule has 0 aliphatic heterocycles. The Morgan fingerprint density at radius 2 is 2.14 bits per heavy atom. The fourth-order valence-corrected chi connectivity index (χ4v) is 2.71. The number of halogens is 3. The van der Waals surface area contributed by atoms with Gasteiger partial charge in [-0.15, -0.1) is 11.6 Å². The summed E-state index contributed by atoms with van der Waals surface area (Å²) in [6.07, 6.45) is 0. The molecular formula is C14H16BrClFN3O. The van der Waals surface area contributed by atoms with Gasteiger partial charge in [-0.2, -0.15) is 0 Å². The number of hydrogen-bond acceptors (Lipinski definition) is 2. The molecule has 1 unspecified atom stereocenters. The van der Waals surface area contributed by atoms with Crippen LogP contribution in [0.4, 0.5) is 4.39 Å². The van der Waals surface area contributed by atoms with Gasteiger partial charge in [0.15, 0.2) is 0 Å². The highest BCUT2D eigenvalue weighted by molar-refractivity contribution is 9.10. The molecule has 0 radical (unpaired) electrons. The van der Waals surface area contributed by atoms with E-state index in [0.29, 0.717) is 21.3 Å². The van der Waals surface area contributed by atoms with Crippen molar-refractivity contribution in [1.29, 1.82) is 0 Å². The van der Waals surface area contributed by atoms with E-state index >= 15 is 0 Å². The predicted molar refractivity (Wildman–Crippen MR) is 84.9 cm³/mol. The first-order valence-corrected chi connectivity index (χ1v) is 7.90. The average molecular weight is 377 g/mol. The first kappa shape index (κ1) is 16.2. The maximum atomic E-state index is 13.6. The zero-order valence-corrected chi connectivity index (χ0v) is 14.3. The number of fused-ring (bicyclic) bond motifs is 1. The van der Waals surface area contributed by atoms with Crippen molar-refractivity contribution in [3.05, 3.63) is 28.2 Å². The van der Waals surface area contributed by atoms with Crippen LogP contribution in [0.5, 0.6) is 0 Å². The molecule has 21 heavy (non-hydrogen) atoms. The molecule has 1 atom stereocenters. The van der Waals surface area contributed by atoms with Crippen molar-refractivity contribution in [2.24, 2.45) is 0 Å². The lowest BCUT2D eigenvalue weighted by Crippen LogP contribution is -2.36. The molecule has 0 spiro atoms. The van der Waals surface area contributed by atoms with Gasteiger partial charge in [0.1, 0.15) is 17.7 Å². The van der Waals surface area contributed by atoms with Crippen LogP contribution in [-0.4, -0.2) is 21.5 Å². The second-order valence-corrected chi connectivity index (χ2v) is 6.25. The van der Waals surface area contributed by atoms with Crippen LogP contribution in [0.15, 0.2) is 16.6 Å². The number of amides is 1. The number of nitrogens with one attached hydrogen (secondary N) is 1. The van der Waals surface area contributed by atoms with Gasteiger partial charge in [0.25, 0.3) is 0 Å². The van der Waals surface area contributed by atoms with E-state index in [4.69, 9.17) is 11.6 Å². The largest absolute Gasteiger partial charge is 0.352 e. The van der Waals surface area contributed by atoms with Crippen LogP contribution >= 0.6 is 27.5 Å². The molecule has 0 aliphatic carbocycles. The van der Waals surface area contributed by atoms with Gasteiger partial charge in [0.2, 0.25) is 5.91 Å². The van der Waals surface area contributed by atoms with Gasteiger partial charge >= 0.3 is 0 Å². The number of hydrogen-bond donors (Lipinski definition) is 1. The normalized spacial score (nSPS) is 12.9. The summed E-state index contributed by atoms with van der Waals surface area (Å²) in [5.41, 5.74) is 1.15. The van der Waals surface area contributed by atoms with Crippen molar-refractivity contribution < 1.29 is 9.18 Å². The van der Waals surface area contributed by atoms with Gasteiger partial charge in [0.05, 0.1) is 21.4 Å². The molecule has 0 bridgehead atoms. The second-order valence-electron chi connectivity index (χ2n) is 5.13. The minimum atomic E-state index is -0.483. The minimum absolute atomic E-state index is 0.0402. The van der Waals surface area contributed by atoms with Gasteiger partial charge in [-0.1, -0.05) is 0 Å². The van der Waals surface area contributed by atoms with E-state index in [0.717, 1.165) is 0 Å². The monoisotopic (exact) mass is 375 g/mol. The zero-order chi connectivity index (χ0) is 15.7. The van der Waals surface area contributed by atoms with Gasteiger partial charge < -0.3 is 9.88 Å². The first-order valence-electron chi connectivity index (χ1n) is 6.57. The van der Waals surface area contributed by atoms with Crippen molar-refractivity contribution in [1.82, 2.24) is 14.9 Å². The Morgan fingerprint density at radius 1 is 1.48 bits per heavy atom. The summed E-state index contributed by atoms with van der Waals surface area (Å²) < 4.78 is 15.7. The van der Waals surface area contributed by atoms with Crippen LogP contribution in [0.2, 0.25) is 0 Å². The topological polar surface area (TPSA) is 46.9 Å². The highest BCUT2D eigenvalue weighted by atomic mass is 79.9. The van der Waals surface area contributed by atoms with E-state index in [1.165, 1.54) is 6.07 Å². The Hall–Kier alpha value is -1.14. The predicted octanol–water partition coefficient (Wildman–Crippen LogP) is 3.76. The fraction of sp³-hybridized carbons (Fsp3) is 0.429. The second kappa shape index (κ2) is 6.32. The average Bonchev–Trinajstić information content (AvgIpc) is 2.75. The molecule has 4 nitrogen and oxygen atoms in total. The Bertz CT molecular complexity index is 686. The van der Waals surface area contributed by atoms with Crippen LogP contribution in [0.3, 0.4) is 0 Å². The summed E-state index contributed by atoms with van der Waals surface area (Å²) in [6, 6.07) is 2.51. The molecule has 0 aliphatic rings. The van der Waals surface area contributed by atoms with Crippen molar-refractivity contribution in [3.8, 4) is 0 Å². The summed E-state index contributed by atoms with van der Waals surface area (Å²) in [5, 5.41) is 2.86. The van der Waals surface area contributed by atoms with Crippen LogP contribution < -0.4 is 5.32 Å². The third-order valence-corrected chi connectivity index (χ3v) is 3.97. The quantitative estimate of drug-likeness (QED) is 0.826. The molecule has 0 saturated carbocycles. The van der Waals surface area contributed by atoms with Crippen molar-refractivity contribution in [2.45, 2.75) is 38.7 Å². The molecule has 1 heterocycles. The zero-order valence-electron chi connectivity index (χ0n) is 12.0. The van der Waals surface area contributed by atoms with E-state index in [1.807, 2.05) is 13.8 Å². The third kappa shape index (κ3) is 3.21. The molecule has 0 fully saturated rings. The maximum Gasteiger partial charge on any atom is 0.243 e. The summed E-state index contributed by atoms with van der Waals surface area (Å²) in [4.78, 5) is 16.5. The molecule has 114 valence electrons. The highest BCUT2D eigenvalue weighted by Gasteiger charge is 2.22. The van der Waals surface area contributed by atoms with Crippen LogP contribution in [0, 0.1) is 5.82 Å². The minimum Gasteiger partial charge on any atom is -0.352 e. The number of imidazole rings is 1. The third-order valence-electron chi connectivity index (χ3n) is 3.12. The molecule has 2 aromatic rings. The number of alkyl halides is 1. The molecule has 0 saturated heterocycles. The maximum absolute atomic E-state index is 13.6. The lowest BCUT2D eigenvalue weighted by Gasteiger charge is -2.18. The van der Waals surface area contributed by atoms with E-state index < -0.39 is 11.9 Å².